The molecule has 2 N–H and O–H groups in total. The van der Waals surface area contributed by atoms with Crippen molar-refractivity contribution in [3.63, 3.8) is 0 Å². The van der Waals surface area contributed by atoms with Gasteiger partial charge in [-0.05, 0) is 36.6 Å². The van der Waals surface area contributed by atoms with Crippen LogP contribution in [0.2, 0.25) is 5.02 Å². The molecule has 1 amide bonds. The maximum atomic E-state index is 12.4. The molecule has 0 aliphatic rings. The first-order valence-electron chi connectivity index (χ1n) is 9.15. The summed E-state index contributed by atoms with van der Waals surface area (Å²) in [5, 5.41) is 3.70. The standard InChI is InChI=1S/C20H21ClN4O3/c1-2-3-10-25-17-16(19(27)24-20(25)28)11-14(12-23-17)18(26)22-9-8-13-4-6-15(21)7-5-13/h4-7,11-12H,2-3,8-10H2,1H3,(H,22,26)(H,24,27,28). The van der Waals surface area contributed by atoms with E-state index >= 15 is 0 Å². The molecule has 0 aliphatic heterocycles. The normalized spacial score (nSPS) is 10.9. The maximum absolute atomic E-state index is 12.4. The quantitative estimate of drug-likeness (QED) is 0.636. The third-order valence-electron chi connectivity index (χ3n) is 4.44. The summed E-state index contributed by atoms with van der Waals surface area (Å²) in [6.07, 6.45) is 3.74. The highest BCUT2D eigenvalue weighted by atomic mass is 35.5. The number of hydrogen-bond donors (Lipinski definition) is 2. The van der Waals surface area contributed by atoms with Crippen LogP contribution in [-0.2, 0) is 13.0 Å². The first-order valence-corrected chi connectivity index (χ1v) is 9.53. The van der Waals surface area contributed by atoms with Gasteiger partial charge in [-0.1, -0.05) is 37.1 Å². The number of aromatic amines is 1. The lowest BCUT2D eigenvalue weighted by atomic mass is 10.1. The van der Waals surface area contributed by atoms with Crippen LogP contribution in [0.3, 0.4) is 0 Å². The van der Waals surface area contributed by atoms with Crippen LogP contribution >= 0.6 is 11.6 Å². The molecule has 0 saturated carbocycles. The lowest BCUT2D eigenvalue weighted by Crippen LogP contribution is -2.31. The number of H-pyrrole nitrogens is 1. The predicted octanol–water partition coefficient (Wildman–Crippen LogP) is 2.51. The van der Waals surface area contributed by atoms with Crippen LogP contribution in [0.25, 0.3) is 11.0 Å². The van der Waals surface area contributed by atoms with Crippen molar-refractivity contribution in [2.45, 2.75) is 32.7 Å². The van der Waals surface area contributed by atoms with E-state index in [0.717, 1.165) is 18.4 Å². The summed E-state index contributed by atoms with van der Waals surface area (Å²) in [7, 11) is 0. The second-order valence-electron chi connectivity index (χ2n) is 6.49. The number of fused-ring (bicyclic) bond motifs is 1. The number of aromatic nitrogens is 3. The lowest BCUT2D eigenvalue weighted by Gasteiger charge is -2.09. The van der Waals surface area contributed by atoms with Gasteiger partial charge in [-0.15, -0.1) is 0 Å². The Labute approximate surface area is 166 Å². The number of carbonyl (C=O) groups is 1. The van der Waals surface area contributed by atoms with Crippen molar-refractivity contribution in [3.8, 4) is 0 Å². The number of amides is 1. The number of carbonyl (C=O) groups excluding carboxylic acids is 1. The molecule has 0 fully saturated rings. The minimum absolute atomic E-state index is 0.223. The average molecular weight is 401 g/mol. The number of halogens is 1. The Hall–Kier alpha value is -2.93. The van der Waals surface area contributed by atoms with Gasteiger partial charge >= 0.3 is 5.69 Å². The third kappa shape index (κ3) is 4.48. The van der Waals surface area contributed by atoms with E-state index in [1.807, 2.05) is 19.1 Å². The van der Waals surface area contributed by atoms with E-state index in [0.29, 0.717) is 30.2 Å². The van der Waals surface area contributed by atoms with Crippen LogP contribution in [0.15, 0.2) is 46.1 Å². The van der Waals surface area contributed by atoms with E-state index in [1.165, 1.54) is 16.8 Å². The van der Waals surface area contributed by atoms with Gasteiger partial charge in [-0.3, -0.25) is 19.1 Å². The Morgan fingerprint density at radius 3 is 2.71 bits per heavy atom. The number of pyridine rings is 1. The van der Waals surface area contributed by atoms with Crippen LogP contribution in [0.5, 0.6) is 0 Å². The molecule has 2 heterocycles. The molecule has 0 aliphatic carbocycles. The number of nitrogens with one attached hydrogen (secondary N) is 2. The summed E-state index contributed by atoms with van der Waals surface area (Å²) in [4.78, 5) is 43.2. The Kier molecular flexibility index (Phi) is 6.26. The number of benzene rings is 1. The number of nitrogens with zero attached hydrogens (tertiary/aromatic N) is 2. The first-order chi connectivity index (χ1) is 13.5. The van der Waals surface area contributed by atoms with Gasteiger partial charge in [0.2, 0.25) is 0 Å². The molecule has 0 unspecified atom stereocenters. The molecule has 7 nitrogen and oxygen atoms in total. The molecule has 0 radical (unpaired) electrons. The topological polar surface area (TPSA) is 96.9 Å². The molecule has 1 aromatic carbocycles. The van der Waals surface area contributed by atoms with E-state index in [4.69, 9.17) is 11.6 Å². The summed E-state index contributed by atoms with van der Waals surface area (Å²) in [6.45, 7) is 2.91. The molecule has 0 saturated heterocycles. The van der Waals surface area contributed by atoms with Gasteiger partial charge in [0.15, 0.2) is 0 Å². The minimum Gasteiger partial charge on any atom is -0.352 e. The number of hydrogen-bond acceptors (Lipinski definition) is 4. The van der Waals surface area contributed by atoms with Gasteiger partial charge in [-0.2, -0.15) is 0 Å². The Bertz CT molecular complexity index is 1100. The molecule has 8 heteroatoms. The second kappa shape index (κ2) is 8.84. The van der Waals surface area contributed by atoms with Crippen molar-refractivity contribution in [1.29, 1.82) is 0 Å². The lowest BCUT2D eigenvalue weighted by molar-refractivity contribution is 0.0954. The first kappa shape index (κ1) is 19.8. The van der Waals surface area contributed by atoms with E-state index in [2.05, 4.69) is 15.3 Å². The summed E-state index contributed by atoms with van der Waals surface area (Å²) in [5.41, 5.74) is 0.585. The zero-order chi connectivity index (χ0) is 20.1. The molecule has 2 aromatic heterocycles. The zero-order valence-corrected chi connectivity index (χ0v) is 16.3. The van der Waals surface area contributed by atoms with Crippen molar-refractivity contribution < 1.29 is 4.79 Å². The van der Waals surface area contributed by atoms with E-state index in [9.17, 15) is 14.4 Å². The third-order valence-corrected chi connectivity index (χ3v) is 4.69. The van der Waals surface area contributed by atoms with E-state index in [-0.39, 0.29) is 16.9 Å². The summed E-state index contributed by atoms with van der Waals surface area (Å²) in [6, 6.07) is 8.88. The van der Waals surface area contributed by atoms with Gasteiger partial charge in [0.05, 0.1) is 10.9 Å². The van der Waals surface area contributed by atoms with Crippen molar-refractivity contribution >= 4 is 28.5 Å². The molecule has 0 atom stereocenters. The van der Waals surface area contributed by atoms with Crippen molar-refractivity contribution in [3.05, 3.63) is 73.5 Å². The fraction of sp³-hybridized carbons (Fsp3) is 0.300. The smallest absolute Gasteiger partial charge is 0.329 e. The highest BCUT2D eigenvalue weighted by Gasteiger charge is 2.13. The van der Waals surface area contributed by atoms with Gasteiger partial charge in [0, 0.05) is 24.3 Å². The maximum Gasteiger partial charge on any atom is 0.329 e. The highest BCUT2D eigenvalue weighted by molar-refractivity contribution is 6.30. The van der Waals surface area contributed by atoms with Gasteiger partial charge in [0.25, 0.3) is 11.5 Å². The number of rotatable bonds is 7. The Morgan fingerprint density at radius 1 is 1.25 bits per heavy atom. The Balaban J connectivity index is 1.77. The molecule has 28 heavy (non-hydrogen) atoms. The summed E-state index contributed by atoms with van der Waals surface area (Å²) >= 11 is 5.86. The van der Waals surface area contributed by atoms with Crippen LogP contribution in [0.4, 0.5) is 0 Å². The predicted molar refractivity (Wildman–Crippen MR) is 109 cm³/mol. The van der Waals surface area contributed by atoms with Crippen molar-refractivity contribution in [2.24, 2.45) is 0 Å². The minimum atomic E-state index is -0.545. The SMILES string of the molecule is CCCCn1c(=O)[nH]c(=O)c2cc(C(=O)NCCc3ccc(Cl)cc3)cnc21. The molecular formula is C20H21ClN4O3. The largest absolute Gasteiger partial charge is 0.352 e. The van der Waals surface area contributed by atoms with Crippen LogP contribution < -0.4 is 16.6 Å². The fourth-order valence-electron chi connectivity index (χ4n) is 2.89. The van der Waals surface area contributed by atoms with Gasteiger partial charge < -0.3 is 5.32 Å². The molecule has 146 valence electrons. The fourth-order valence-corrected chi connectivity index (χ4v) is 3.02. The monoisotopic (exact) mass is 400 g/mol. The summed E-state index contributed by atoms with van der Waals surface area (Å²) < 4.78 is 1.43. The summed E-state index contributed by atoms with van der Waals surface area (Å²) in [5.74, 6) is -0.325. The van der Waals surface area contributed by atoms with Crippen LogP contribution in [0.1, 0.15) is 35.7 Å². The molecule has 3 aromatic rings. The Morgan fingerprint density at radius 2 is 2.00 bits per heavy atom. The molecule has 0 spiro atoms. The van der Waals surface area contributed by atoms with Crippen LogP contribution in [0, 0.1) is 0 Å². The number of unbranched alkanes of at least 4 members (excludes halogenated alkanes) is 1. The van der Waals surface area contributed by atoms with E-state index in [1.54, 1.807) is 12.1 Å². The second-order valence-corrected chi connectivity index (χ2v) is 6.93. The van der Waals surface area contributed by atoms with Crippen LogP contribution in [-0.4, -0.2) is 27.0 Å². The highest BCUT2D eigenvalue weighted by Crippen LogP contribution is 2.11. The van der Waals surface area contributed by atoms with Crippen molar-refractivity contribution in [2.75, 3.05) is 6.54 Å². The van der Waals surface area contributed by atoms with Gasteiger partial charge in [0.1, 0.15) is 5.65 Å². The van der Waals surface area contributed by atoms with E-state index < -0.39 is 11.2 Å². The van der Waals surface area contributed by atoms with Crippen molar-refractivity contribution in [1.82, 2.24) is 19.9 Å². The van der Waals surface area contributed by atoms with Gasteiger partial charge in [-0.25, -0.2) is 9.78 Å². The number of aryl methyl sites for hydroxylation is 1. The zero-order valence-electron chi connectivity index (χ0n) is 15.5. The average Bonchev–Trinajstić information content (AvgIpc) is 2.69. The molecule has 0 bridgehead atoms. The molecule has 3 rings (SSSR count). The molecular weight excluding hydrogens is 380 g/mol.